The number of amides is 2. The summed E-state index contributed by atoms with van der Waals surface area (Å²) >= 11 is 0. The van der Waals surface area contributed by atoms with E-state index in [0.717, 1.165) is 17.0 Å². The molecule has 1 fully saturated rings. The Morgan fingerprint density at radius 2 is 1.96 bits per heavy atom. The zero-order valence-electron chi connectivity index (χ0n) is 12.4. The van der Waals surface area contributed by atoms with Crippen LogP contribution in [0.5, 0.6) is 0 Å². The Labute approximate surface area is 131 Å². The monoisotopic (exact) mass is 326 g/mol. The number of carboxylic acids is 1. The van der Waals surface area contributed by atoms with Crippen molar-refractivity contribution in [2.24, 2.45) is 11.8 Å². The third-order valence-corrected chi connectivity index (χ3v) is 3.69. The van der Waals surface area contributed by atoms with E-state index in [2.05, 4.69) is 5.32 Å². The lowest BCUT2D eigenvalue weighted by molar-refractivity contribution is -0.141. The summed E-state index contributed by atoms with van der Waals surface area (Å²) in [5.74, 6) is -5.57. The number of rotatable bonds is 5. The molecule has 23 heavy (non-hydrogen) atoms. The highest BCUT2D eigenvalue weighted by Crippen LogP contribution is 2.26. The van der Waals surface area contributed by atoms with Crippen LogP contribution in [-0.4, -0.2) is 36.0 Å². The van der Waals surface area contributed by atoms with Crippen LogP contribution in [0.2, 0.25) is 0 Å². The average Bonchev–Trinajstić information content (AvgIpc) is 2.85. The van der Waals surface area contributed by atoms with Gasteiger partial charge in [0.15, 0.2) is 0 Å². The van der Waals surface area contributed by atoms with Crippen LogP contribution >= 0.6 is 0 Å². The molecule has 1 aromatic carbocycles. The van der Waals surface area contributed by atoms with Gasteiger partial charge >= 0.3 is 5.97 Å². The van der Waals surface area contributed by atoms with Gasteiger partial charge in [0, 0.05) is 24.8 Å². The molecule has 6 nitrogen and oxygen atoms in total. The van der Waals surface area contributed by atoms with Gasteiger partial charge in [-0.3, -0.25) is 14.4 Å². The molecule has 2 N–H and O–H groups in total. The summed E-state index contributed by atoms with van der Waals surface area (Å²) in [4.78, 5) is 36.1. The van der Waals surface area contributed by atoms with Gasteiger partial charge in [-0.05, 0) is 18.6 Å². The minimum atomic E-state index is -1.06. The minimum Gasteiger partial charge on any atom is -0.481 e. The first-order valence-corrected chi connectivity index (χ1v) is 7.07. The fourth-order valence-corrected chi connectivity index (χ4v) is 2.34. The number of nitrogens with one attached hydrogen (secondary N) is 1. The van der Waals surface area contributed by atoms with Crippen LogP contribution in [0, 0.1) is 23.5 Å². The topological polar surface area (TPSA) is 86.7 Å². The first-order chi connectivity index (χ1) is 10.8. The normalized spacial score (nSPS) is 18.8. The largest absolute Gasteiger partial charge is 0.481 e. The lowest BCUT2D eigenvalue weighted by atomic mass is 10.1. The molecule has 0 aromatic heterocycles. The van der Waals surface area contributed by atoms with Gasteiger partial charge in [0.25, 0.3) is 0 Å². The van der Waals surface area contributed by atoms with Crippen molar-refractivity contribution in [2.75, 3.05) is 18.0 Å². The highest BCUT2D eigenvalue weighted by Gasteiger charge is 2.38. The lowest BCUT2D eigenvalue weighted by Crippen LogP contribution is -2.39. The Bertz CT molecular complexity index is 630. The number of anilines is 1. The maximum atomic E-state index is 13.2. The third kappa shape index (κ3) is 3.82. The van der Waals surface area contributed by atoms with Gasteiger partial charge in [0.1, 0.15) is 17.6 Å². The maximum Gasteiger partial charge on any atom is 0.308 e. The number of aliphatic carboxylic acids is 1. The van der Waals surface area contributed by atoms with Crippen molar-refractivity contribution in [3.8, 4) is 0 Å². The van der Waals surface area contributed by atoms with Gasteiger partial charge < -0.3 is 15.3 Å². The molecule has 2 unspecified atom stereocenters. The smallest absolute Gasteiger partial charge is 0.308 e. The molecule has 2 atom stereocenters. The second kappa shape index (κ2) is 6.72. The molecule has 2 amide bonds. The van der Waals surface area contributed by atoms with Crippen LogP contribution in [0.25, 0.3) is 0 Å². The fraction of sp³-hybridized carbons (Fsp3) is 0.400. The number of carbonyl (C=O) groups is 3. The summed E-state index contributed by atoms with van der Waals surface area (Å²) in [5.41, 5.74) is 0.0571. The van der Waals surface area contributed by atoms with Crippen LogP contribution in [0.4, 0.5) is 14.5 Å². The maximum absolute atomic E-state index is 13.2. The molecule has 0 radical (unpaired) electrons. The van der Waals surface area contributed by atoms with Gasteiger partial charge in [0.2, 0.25) is 11.8 Å². The van der Waals surface area contributed by atoms with Gasteiger partial charge in [-0.25, -0.2) is 8.78 Å². The standard InChI is InChI=1S/C15H16F2N2O4/c1-8(15(22)23)7-18-13(20)12-2-3-19(14(12)21)11-5-9(16)4-10(17)6-11/h4-6,8,12H,2-3,7H2,1H3,(H,18,20)(H,22,23). The molecule has 2 rings (SSSR count). The molecule has 124 valence electrons. The quantitative estimate of drug-likeness (QED) is 0.795. The summed E-state index contributed by atoms with van der Waals surface area (Å²) < 4.78 is 26.5. The molecule has 0 bridgehead atoms. The summed E-state index contributed by atoms with van der Waals surface area (Å²) in [6, 6.07) is 2.74. The molecule has 1 heterocycles. The summed E-state index contributed by atoms with van der Waals surface area (Å²) in [5, 5.41) is 11.2. The number of hydrogen-bond donors (Lipinski definition) is 2. The second-order valence-corrected chi connectivity index (χ2v) is 5.44. The number of hydrogen-bond acceptors (Lipinski definition) is 3. The Morgan fingerprint density at radius 1 is 1.35 bits per heavy atom. The van der Waals surface area contributed by atoms with Crippen molar-refractivity contribution in [3.05, 3.63) is 29.8 Å². The minimum absolute atomic E-state index is 0.0571. The predicted octanol–water partition coefficient (Wildman–Crippen LogP) is 1.15. The Kier molecular flexibility index (Phi) is 4.92. The van der Waals surface area contributed by atoms with E-state index in [4.69, 9.17) is 5.11 Å². The molecule has 1 aromatic rings. The van der Waals surface area contributed by atoms with E-state index in [1.807, 2.05) is 0 Å². The van der Waals surface area contributed by atoms with E-state index in [0.29, 0.717) is 6.07 Å². The van der Waals surface area contributed by atoms with E-state index < -0.39 is 41.3 Å². The van der Waals surface area contributed by atoms with Crippen molar-refractivity contribution in [1.82, 2.24) is 5.32 Å². The number of carboxylic acid groups (broad SMARTS) is 1. The second-order valence-electron chi connectivity index (χ2n) is 5.44. The molecule has 0 spiro atoms. The van der Waals surface area contributed by atoms with Crippen molar-refractivity contribution in [2.45, 2.75) is 13.3 Å². The predicted molar refractivity (Wildman–Crippen MR) is 76.6 cm³/mol. The molecule has 1 saturated heterocycles. The van der Waals surface area contributed by atoms with Crippen molar-refractivity contribution in [3.63, 3.8) is 0 Å². The van der Waals surface area contributed by atoms with E-state index in [1.165, 1.54) is 6.92 Å². The molecular formula is C15H16F2N2O4. The Morgan fingerprint density at radius 3 is 2.52 bits per heavy atom. The first-order valence-electron chi connectivity index (χ1n) is 7.07. The molecule has 1 aliphatic rings. The zero-order valence-corrected chi connectivity index (χ0v) is 12.4. The van der Waals surface area contributed by atoms with Gasteiger partial charge in [-0.1, -0.05) is 6.92 Å². The average molecular weight is 326 g/mol. The molecule has 8 heteroatoms. The fourth-order valence-electron chi connectivity index (χ4n) is 2.34. The molecule has 0 saturated carbocycles. The first kappa shape index (κ1) is 16.9. The van der Waals surface area contributed by atoms with Crippen molar-refractivity contribution in [1.29, 1.82) is 0 Å². The third-order valence-electron chi connectivity index (χ3n) is 3.69. The number of halogens is 2. The summed E-state index contributed by atoms with van der Waals surface area (Å²) in [6.45, 7) is 1.50. The van der Waals surface area contributed by atoms with E-state index in [9.17, 15) is 23.2 Å². The van der Waals surface area contributed by atoms with Gasteiger partial charge in [-0.15, -0.1) is 0 Å². The van der Waals surface area contributed by atoms with E-state index >= 15 is 0 Å². The Balaban J connectivity index is 2.03. The molecule has 1 aliphatic heterocycles. The van der Waals surface area contributed by atoms with Gasteiger partial charge in [-0.2, -0.15) is 0 Å². The molecular weight excluding hydrogens is 310 g/mol. The molecule has 0 aliphatic carbocycles. The lowest BCUT2D eigenvalue weighted by Gasteiger charge is -2.17. The van der Waals surface area contributed by atoms with Crippen LogP contribution in [0.15, 0.2) is 18.2 Å². The van der Waals surface area contributed by atoms with Crippen LogP contribution in [0.1, 0.15) is 13.3 Å². The SMILES string of the molecule is CC(CNC(=O)C1CCN(c2cc(F)cc(F)c2)C1=O)C(=O)O. The highest BCUT2D eigenvalue weighted by atomic mass is 19.1. The number of carbonyl (C=O) groups excluding carboxylic acids is 2. The number of benzene rings is 1. The van der Waals surface area contributed by atoms with E-state index in [-0.39, 0.29) is 25.2 Å². The highest BCUT2D eigenvalue weighted by molar-refractivity contribution is 6.09. The zero-order chi connectivity index (χ0) is 17.1. The Hall–Kier alpha value is -2.51. The van der Waals surface area contributed by atoms with E-state index in [1.54, 1.807) is 0 Å². The van der Waals surface area contributed by atoms with Gasteiger partial charge in [0.05, 0.1) is 5.92 Å². The van der Waals surface area contributed by atoms with Crippen molar-refractivity contribution < 1.29 is 28.3 Å². The van der Waals surface area contributed by atoms with Crippen molar-refractivity contribution >= 4 is 23.5 Å². The van der Waals surface area contributed by atoms with Crippen LogP contribution in [-0.2, 0) is 14.4 Å². The summed E-state index contributed by atoms with van der Waals surface area (Å²) in [6.07, 6.45) is 0.199. The van der Waals surface area contributed by atoms with Crippen LogP contribution in [0.3, 0.4) is 0 Å². The van der Waals surface area contributed by atoms with Crippen LogP contribution < -0.4 is 10.2 Å². The summed E-state index contributed by atoms with van der Waals surface area (Å²) in [7, 11) is 0. The number of nitrogens with zero attached hydrogens (tertiary/aromatic N) is 1.